The lowest BCUT2D eigenvalue weighted by Crippen LogP contribution is -2.44. The first-order valence-electron chi connectivity index (χ1n) is 7.92. The third-order valence-electron chi connectivity index (χ3n) is 3.72. The molecular formula is C15H32IN3OS. The fourth-order valence-corrected chi connectivity index (χ4v) is 3.50. The maximum absolute atomic E-state index is 5.51. The average molecular weight is 429 g/mol. The zero-order valence-corrected chi connectivity index (χ0v) is 17.1. The highest BCUT2D eigenvalue weighted by atomic mass is 127. The Morgan fingerprint density at radius 3 is 2.48 bits per heavy atom. The summed E-state index contributed by atoms with van der Waals surface area (Å²) in [5.41, 5.74) is 0. The molecule has 126 valence electrons. The van der Waals surface area contributed by atoms with Crippen LogP contribution in [0.3, 0.4) is 0 Å². The fourth-order valence-electron chi connectivity index (χ4n) is 2.28. The SMILES string of the molecule is CCNC(=NCC1(SCC)CCOCC1)NC(C)CC.I. The molecule has 1 heterocycles. The molecular weight excluding hydrogens is 397 g/mol. The zero-order chi connectivity index (χ0) is 14.8. The first-order chi connectivity index (χ1) is 9.65. The average Bonchev–Trinajstić information content (AvgIpc) is 2.46. The van der Waals surface area contributed by atoms with E-state index < -0.39 is 0 Å². The lowest BCUT2D eigenvalue weighted by atomic mass is 9.99. The predicted molar refractivity (Wildman–Crippen MR) is 105 cm³/mol. The normalized spacial score (nSPS) is 19.5. The van der Waals surface area contributed by atoms with Crippen molar-refractivity contribution < 1.29 is 4.74 Å². The van der Waals surface area contributed by atoms with Gasteiger partial charge in [0.1, 0.15) is 0 Å². The minimum atomic E-state index is 0. The van der Waals surface area contributed by atoms with Crippen molar-refractivity contribution in [1.29, 1.82) is 0 Å². The van der Waals surface area contributed by atoms with E-state index >= 15 is 0 Å². The van der Waals surface area contributed by atoms with Crippen LogP contribution in [0.4, 0.5) is 0 Å². The van der Waals surface area contributed by atoms with Gasteiger partial charge in [-0.25, -0.2) is 0 Å². The lowest BCUT2D eigenvalue weighted by Gasteiger charge is -2.35. The van der Waals surface area contributed by atoms with Crippen molar-refractivity contribution in [2.24, 2.45) is 4.99 Å². The Morgan fingerprint density at radius 1 is 1.29 bits per heavy atom. The van der Waals surface area contributed by atoms with Gasteiger partial charge in [0.05, 0.1) is 6.54 Å². The molecule has 0 radical (unpaired) electrons. The van der Waals surface area contributed by atoms with Crippen molar-refractivity contribution in [3.8, 4) is 0 Å². The van der Waals surface area contributed by atoms with E-state index in [0.717, 1.165) is 57.3 Å². The summed E-state index contributed by atoms with van der Waals surface area (Å²) >= 11 is 2.04. The molecule has 1 fully saturated rings. The van der Waals surface area contributed by atoms with Crippen LogP contribution in [0, 0.1) is 0 Å². The van der Waals surface area contributed by atoms with Crippen molar-refractivity contribution in [2.75, 3.05) is 32.1 Å². The minimum absolute atomic E-state index is 0. The first kappa shape index (κ1) is 21.3. The van der Waals surface area contributed by atoms with Gasteiger partial charge >= 0.3 is 0 Å². The van der Waals surface area contributed by atoms with Gasteiger partial charge in [-0.3, -0.25) is 4.99 Å². The molecule has 1 rings (SSSR count). The Morgan fingerprint density at radius 2 is 1.95 bits per heavy atom. The highest BCUT2D eigenvalue weighted by Crippen LogP contribution is 2.35. The molecule has 1 unspecified atom stereocenters. The van der Waals surface area contributed by atoms with E-state index in [9.17, 15) is 0 Å². The van der Waals surface area contributed by atoms with Gasteiger partial charge in [-0.2, -0.15) is 11.8 Å². The van der Waals surface area contributed by atoms with Crippen LogP contribution in [0.2, 0.25) is 0 Å². The van der Waals surface area contributed by atoms with E-state index in [1.807, 2.05) is 11.8 Å². The number of halogens is 1. The summed E-state index contributed by atoms with van der Waals surface area (Å²) in [7, 11) is 0. The molecule has 0 spiro atoms. The molecule has 0 aromatic heterocycles. The Labute approximate surface area is 151 Å². The summed E-state index contributed by atoms with van der Waals surface area (Å²) in [6.45, 7) is 12.2. The number of nitrogens with zero attached hydrogens (tertiary/aromatic N) is 1. The van der Waals surface area contributed by atoms with E-state index in [2.05, 4.69) is 38.3 Å². The fraction of sp³-hybridized carbons (Fsp3) is 0.933. The van der Waals surface area contributed by atoms with Crippen molar-refractivity contribution in [1.82, 2.24) is 10.6 Å². The topological polar surface area (TPSA) is 45.7 Å². The van der Waals surface area contributed by atoms with Gasteiger partial charge in [0.2, 0.25) is 0 Å². The molecule has 0 aromatic carbocycles. The number of guanidine groups is 1. The minimum Gasteiger partial charge on any atom is -0.381 e. The maximum Gasteiger partial charge on any atom is 0.191 e. The Bertz CT molecular complexity index is 291. The van der Waals surface area contributed by atoms with Gasteiger partial charge < -0.3 is 15.4 Å². The number of aliphatic imine (C=N–C) groups is 1. The molecule has 0 bridgehead atoms. The van der Waals surface area contributed by atoms with Gasteiger partial charge in [-0.15, -0.1) is 24.0 Å². The molecule has 4 nitrogen and oxygen atoms in total. The van der Waals surface area contributed by atoms with Crippen molar-refractivity contribution >= 4 is 41.7 Å². The number of nitrogens with one attached hydrogen (secondary N) is 2. The number of hydrogen-bond donors (Lipinski definition) is 2. The summed E-state index contributed by atoms with van der Waals surface area (Å²) in [5, 5.41) is 6.81. The summed E-state index contributed by atoms with van der Waals surface area (Å²) in [6.07, 6.45) is 3.32. The molecule has 1 aliphatic heterocycles. The standard InChI is InChI=1S/C15H31N3OS.HI/c1-5-13(4)18-14(16-6-2)17-12-15(20-7-3)8-10-19-11-9-15;/h13H,5-12H2,1-4H3,(H2,16,17,18);1H. The van der Waals surface area contributed by atoms with Crippen LogP contribution < -0.4 is 10.6 Å². The Kier molecular flexibility index (Phi) is 12.0. The van der Waals surface area contributed by atoms with Gasteiger partial charge in [0, 0.05) is 30.5 Å². The highest BCUT2D eigenvalue weighted by molar-refractivity contribution is 14.0. The summed E-state index contributed by atoms with van der Waals surface area (Å²) in [6, 6.07) is 0.456. The summed E-state index contributed by atoms with van der Waals surface area (Å²) < 4.78 is 5.78. The van der Waals surface area contributed by atoms with Crippen LogP contribution in [0.1, 0.15) is 47.0 Å². The van der Waals surface area contributed by atoms with Crippen LogP contribution in [-0.2, 0) is 4.74 Å². The van der Waals surface area contributed by atoms with Crippen molar-refractivity contribution in [3.05, 3.63) is 0 Å². The van der Waals surface area contributed by atoms with Gasteiger partial charge in [0.25, 0.3) is 0 Å². The van der Waals surface area contributed by atoms with Crippen LogP contribution in [-0.4, -0.2) is 48.8 Å². The van der Waals surface area contributed by atoms with Gasteiger partial charge in [-0.05, 0) is 38.9 Å². The summed E-state index contributed by atoms with van der Waals surface area (Å²) in [5.74, 6) is 2.09. The maximum atomic E-state index is 5.51. The molecule has 2 N–H and O–H groups in total. The van der Waals surface area contributed by atoms with Crippen molar-refractivity contribution in [3.63, 3.8) is 0 Å². The van der Waals surface area contributed by atoms with E-state index in [-0.39, 0.29) is 28.7 Å². The van der Waals surface area contributed by atoms with Crippen LogP contribution in [0.25, 0.3) is 0 Å². The molecule has 1 atom stereocenters. The Hall–Kier alpha value is 0.310. The third-order valence-corrected chi connectivity index (χ3v) is 5.16. The van der Waals surface area contributed by atoms with Crippen LogP contribution in [0.5, 0.6) is 0 Å². The molecule has 0 aliphatic carbocycles. The largest absolute Gasteiger partial charge is 0.381 e. The first-order valence-corrected chi connectivity index (χ1v) is 8.91. The highest BCUT2D eigenvalue weighted by Gasteiger charge is 2.32. The second kappa shape index (κ2) is 11.8. The summed E-state index contributed by atoms with van der Waals surface area (Å²) in [4.78, 5) is 4.83. The molecule has 21 heavy (non-hydrogen) atoms. The second-order valence-corrected chi connectivity index (χ2v) is 7.11. The monoisotopic (exact) mass is 429 g/mol. The lowest BCUT2D eigenvalue weighted by molar-refractivity contribution is 0.0793. The molecule has 0 amide bonds. The van der Waals surface area contributed by atoms with Gasteiger partial charge in [0.15, 0.2) is 5.96 Å². The molecule has 0 saturated carbocycles. The quantitative estimate of drug-likeness (QED) is 0.371. The molecule has 1 saturated heterocycles. The zero-order valence-electron chi connectivity index (χ0n) is 13.9. The second-order valence-electron chi connectivity index (χ2n) is 5.38. The number of rotatable bonds is 7. The van der Waals surface area contributed by atoms with E-state index in [1.165, 1.54) is 0 Å². The van der Waals surface area contributed by atoms with E-state index in [1.54, 1.807) is 0 Å². The number of thioether (sulfide) groups is 1. The number of hydrogen-bond acceptors (Lipinski definition) is 3. The third kappa shape index (κ3) is 7.93. The molecule has 0 aromatic rings. The van der Waals surface area contributed by atoms with E-state index in [0.29, 0.717) is 6.04 Å². The van der Waals surface area contributed by atoms with E-state index in [4.69, 9.17) is 9.73 Å². The number of ether oxygens (including phenoxy) is 1. The molecule has 1 aliphatic rings. The van der Waals surface area contributed by atoms with Gasteiger partial charge in [-0.1, -0.05) is 13.8 Å². The van der Waals surface area contributed by atoms with Crippen LogP contribution in [0.15, 0.2) is 4.99 Å². The van der Waals surface area contributed by atoms with Crippen LogP contribution >= 0.6 is 35.7 Å². The predicted octanol–water partition coefficient (Wildman–Crippen LogP) is 3.26. The smallest absolute Gasteiger partial charge is 0.191 e. The molecule has 6 heteroatoms. The van der Waals surface area contributed by atoms with Crippen molar-refractivity contribution in [2.45, 2.75) is 57.7 Å². The Balaban J connectivity index is 0.00000400.